The molecule has 0 aliphatic rings. The molecule has 0 aromatic rings. The summed E-state index contributed by atoms with van der Waals surface area (Å²) < 4.78 is 0. The van der Waals surface area contributed by atoms with Crippen LogP contribution in [-0.4, -0.2) is 11.1 Å². The van der Waals surface area contributed by atoms with Gasteiger partial charge in [-0.2, -0.15) is 0 Å². The van der Waals surface area contributed by atoms with Crippen molar-refractivity contribution in [3.63, 3.8) is 0 Å². The van der Waals surface area contributed by atoms with Crippen molar-refractivity contribution in [3.8, 4) is 12.3 Å². The third-order valence-corrected chi connectivity index (χ3v) is 4.95. The lowest BCUT2D eigenvalue weighted by Crippen LogP contribution is -2.36. The van der Waals surface area contributed by atoms with E-state index in [1.54, 1.807) is 6.92 Å². The monoisotopic (exact) mass is 304 g/mol. The molecule has 0 aromatic carbocycles. The highest BCUT2D eigenvalue weighted by Gasteiger charge is 2.40. The van der Waals surface area contributed by atoms with Gasteiger partial charge in [0, 0.05) is 5.57 Å². The fourth-order valence-electron chi connectivity index (χ4n) is 2.74. The molecule has 0 bridgehead atoms. The van der Waals surface area contributed by atoms with E-state index < -0.39 is 11.9 Å². The fourth-order valence-corrected chi connectivity index (χ4v) is 2.74. The molecular weight excluding hydrogens is 272 g/mol. The van der Waals surface area contributed by atoms with Gasteiger partial charge in [0.05, 0.1) is 5.92 Å². The lowest BCUT2D eigenvalue weighted by atomic mass is 9.63. The van der Waals surface area contributed by atoms with Crippen molar-refractivity contribution < 1.29 is 9.90 Å². The van der Waals surface area contributed by atoms with Gasteiger partial charge < -0.3 is 5.11 Å². The number of allylic oxidation sites excluding steroid dienone is 4. The largest absolute Gasteiger partial charge is 0.481 e. The molecule has 0 aromatic heterocycles. The zero-order valence-electron chi connectivity index (χ0n) is 15.2. The Balaban J connectivity index is 5.76. The van der Waals surface area contributed by atoms with Gasteiger partial charge in [0.15, 0.2) is 0 Å². The average molecular weight is 304 g/mol. The normalized spacial score (nSPS) is 18.5. The molecule has 0 amide bonds. The topological polar surface area (TPSA) is 37.3 Å². The second-order valence-corrected chi connectivity index (χ2v) is 7.48. The summed E-state index contributed by atoms with van der Waals surface area (Å²) in [6.07, 6.45) is 13.2. The van der Waals surface area contributed by atoms with Crippen molar-refractivity contribution >= 4 is 5.97 Å². The smallest absolute Gasteiger partial charge is 0.306 e. The van der Waals surface area contributed by atoms with Crippen LogP contribution < -0.4 is 0 Å². The zero-order chi connectivity index (χ0) is 17.6. The molecule has 0 rings (SSSR count). The van der Waals surface area contributed by atoms with Gasteiger partial charge >= 0.3 is 5.97 Å². The van der Waals surface area contributed by atoms with E-state index in [1.165, 1.54) is 0 Å². The Bertz CT molecular complexity index is 471. The minimum absolute atomic E-state index is 0.0194. The highest BCUT2D eigenvalue weighted by atomic mass is 16.4. The van der Waals surface area contributed by atoms with Crippen LogP contribution in [0, 0.1) is 35.0 Å². The first-order valence-corrected chi connectivity index (χ1v) is 8.05. The summed E-state index contributed by atoms with van der Waals surface area (Å²) in [6, 6.07) is 0. The highest BCUT2D eigenvalue weighted by molar-refractivity contribution is 5.70. The summed E-state index contributed by atoms with van der Waals surface area (Å²) in [4.78, 5) is 11.5. The lowest BCUT2D eigenvalue weighted by Gasteiger charge is -2.41. The van der Waals surface area contributed by atoms with Crippen LogP contribution in [-0.2, 0) is 4.79 Å². The number of hydrogen-bond acceptors (Lipinski definition) is 1. The van der Waals surface area contributed by atoms with Crippen molar-refractivity contribution in [2.45, 2.75) is 61.3 Å². The molecule has 0 heterocycles. The van der Waals surface area contributed by atoms with Gasteiger partial charge in [-0.15, -0.1) is 6.42 Å². The molecule has 1 N–H and O–H groups in total. The van der Waals surface area contributed by atoms with Crippen LogP contribution in [0.15, 0.2) is 23.8 Å². The maximum atomic E-state index is 11.5. The first-order valence-electron chi connectivity index (χ1n) is 8.05. The van der Waals surface area contributed by atoms with E-state index in [9.17, 15) is 9.90 Å². The molecule has 0 fully saturated rings. The van der Waals surface area contributed by atoms with Crippen LogP contribution in [0.4, 0.5) is 0 Å². The number of terminal acetylenes is 1. The van der Waals surface area contributed by atoms with Crippen molar-refractivity contribution in [1.29, 1.82) is 0 Å². The number of carboxylic acid groups (broad SMARTS) is 1. The average Bonchev–Trinajstić information content (AvgIpc) is 2.44. The number of aliphatic carboxylic acids is 1. The molecule has 0 aliphatic heterocycles. The Morgan fingerprint density at radius 3 is 2.18 bits per heavy atom. The quantitative estimate of drug-likeness (QED) is 0.511. The van der Waals surface area contributed by atoms with Crippen molar-refractivity contribution in [2.24, 2.45) is 22.7 Å². The molecule has 0 saturated carbocycles. The molecular formula is C20H32O2. The molecule has 3 atom stereocenters. The molecule has 2 nitrogen and oxygen atoms in total. The lowest BCUT2D eigenvalue weighted by molar-refractivity contribution is -0.146. The van der Waals surface area contributed by atoms with Crippen LogP contribution in [0.25, 0.3) is 0 Å². The Morgan fingerprint density at radius 2 is 1.86 bits per heavy atom. The van der Waals surface area contributed by atoms with Crippen LogP contribution in [0.5, 0.6) is 0 Å². The van der Waals surface area contributed by atoms with Crippen LogP contribution in [0.3, 0.4) is 0 Å². The zero-order valence-corrected chi connectivity index (χ0v) is 15.2. The van der Waals surface area contributed by atoms with Gasteiger partial charge in [-0.25, -0.2) is 0 Å². The number of rotatable bonds is 7. The van der Waals surface area contributed by atoms with E-state index in [0.717, 1.165) is 18.4 Å². The Labute approximate surface area is 136 Å². The minimum atomic E-state index is -0.739. The van der Waals surface area contributed by atoms with Gasteiger partial charge in [0.2, 0.25) is 0 Å². The fraction of sp³-hybridized carbons (Fsp3) is 0.650. The molecule has 2 heteroatoms. The Kier molecular flexibility index (Phi) is 7.67. The molecule has 0 spiro atoms. The molecule has 0 radical (unpaired) electrons. The summed E-state index contributed by atoms with van der Waals surface area (Å²) in [7, 11) is 0. The summed E-state index contributed by atoms with van der Waals surface area (Å²) >= 11 is 0. The number of carboxylic acids is 1. The predicted molar refractivity (Wildman–Crippen MR) is 94.5 cm³/mol. The van der Waals surface area contributed by atoms with Gasteiger partial charge in [0.1, 0.15) is 0 Å². The third-order valence-electron chi connectivity index (χ3n) is 4.95. The van der Waals surface area contributed by atoms with Crippen molar-refractivity contribution in [2.75, 3.05) is 0 Å². The van der Waals surface area contributed by atoms with Crippen LogP contribution in [0.2, 0.25) is 0 Å². The SMILES string of the molecule is C#CC(=CC=CC)C(CC(C)(CC)C(C)C(=O)O)C(C)(C)C. The van der Waals surface area contributed by atoms with Crippen LogP contribution >= 0.6 is 0 Å². The Morgan fingerprint density at radius 1 is 1.32 bits per heavy atom. The standard InChI is InChI=1S/C20H32O2/c1-9-12-13-16(10-2)17(19(5,6)7)14-20(8,11-3)15(4)18(21)22/h2,9,12-13,15,17H,11,14H2,1,3-8H3,(H,21,22). The highest BCUT2D eigenvalue weighted by Crippen LogP contribution is 2.45. The van der Waals surface area contributed by atoms with Gasteiger partial charge in [0.25, 0.3) is 0 Å². The minimum Gasteiger partial charge on any atom is -0.481 e. The van der Waals surface area contributed by atoms with E-state index in [-0.39, 0.29) is 16.7 Å². The molecule has 3 unspecified atom stereocenters. The van der Waals surface area contributed by atoms with Gasteiger partial charge in [-0.05, 0) is 36.5 Å². The van der Waals surface area contributed by atoms with E-state index in [2.05, 4.69) is 40.5 Å². The molecule has 124 valence electrons. The summed E-state index contributed by atoms with van der Waals surface area (Å²) in [5.74, 6) is 1.83. The summed E-state index contributed by atoms with van der Waals surface area (Å²) in [5.41, 5.74) is 0.646. The predicted octanol–water partition coefficient (Wildman–Crippen LogP) is 5.31. The van der Waals surface area contributed by atoms with Crippen LogP contribution in [0.1, 0.15) is 61.3 Å². The van der Waals surface area contributed by atoms with E-state index in [0.29, 0.717) is 0 Å². The molecule has 0 aliphatic carbocycles. The van der Waals surface area contributed by atoms with Gasteiger partial charge in [-0.3, -0.25) is 4.79 Å². The first kappa shape index (κ1) is 20.5. The van der Waals surface area contributed by atoms with Gasteiger partial charge in [-0.1, -0.05) is 65.7 Å². The summed E-state index contributed by atoms with van der Waals surface area (Å²) in [6.45, 7) is 14.4. The number of carbonyl (C=O) groups is 1. The summed E-state index contributed by atoms with van der Waals surface area (Å²) in [5, 5.41) is 9.44. The maximum Gasteiger partial charge on any atom is 0.306 e. The maximum absolute atomic E-state index is 11.5. The number of hydrogen-bond donors (Lipinski definition) is 1. The molecule has 22 heavy (non-hydrogen) atoms. The molecule has 0 saturated heterocycles. The second kappa shape index (κ2) is 8.22. The van der Waals surface area contributed by atoms with E-state index >= 15 is 0 Å². The van der Waals surface area contributed by atoms with E-state index in [1.807, 2.05) is 25.2 Å². The Hall–Kier alpha value is -1.49. The second-order valence-electron chi connectivity index (χ2n) is 7.48. The van der Waals surface area contributed by atoms with Crippen molar-refractivity contribution in [3.05, 3.63) is 23.8 Å². The third kappa shape index (κ3) is 5.37. The first-order chi connectivity index (χ1) is 10.0. The van der Waals surface area contributed by atoms with Crippen molar-refractivity contribution in [1.82, 2.24) is 0 Å². The van der Waals surface area contributed by atoms with E-state index in [4.69, 9.17) is 6.42 Å².